The highest BCUT2D eigenvalue weighted by molar-refractivity contribution is 4.77. The molecule has 0 aromatic heterocycles. The topological polar surface area (TPSA) is 15.3 Å². The predicted molar refractivity (Wildman–Crippen MR) is 52.9 cm³/mol. The van der Waals surface area contributed by atoms with Crippen molar-refractivity contribution in [1.82, 2.24) is 10.4 Å². The predicted octanol–water partition coefficient (Wildman–Crippen LogP) is 2.02. The van der Waals surface area contributed by atoms with E-state index in [0.717, 1.165) is 12.0 Å². The zero-order chi connectivity index (χ0) is 8.97. The fourth-order valence-electron chi connectivity index (χ4n) is 2.10. The van der Waals surface area contributed by atoms with Crippen LogP contribution in [0.1, 0.15) is 39.5 Å². The molecule has 72 valence electrons. The van der Waals surface area contributed by atoms with Crippen LogP contribution in [0.3, 0.4) is 0 Å². The SMILES string of the molecule is CCC(C)C1CCCCN1NC. The molecule has 12 heavy (non-hydrogen) atoms. The van der Waals surface area contributed by atoms with E-state index in [4.69, 9.17) is 0 Å². The molecule has 1 aliphatic rings. The summed E-state index contributed by atoms with van der Waals surface area (Å²) in [4.78, 5) is 0. The maximum absolute atomic E-state index is 3.30. The zero-order valence-corrected chi connectivity index (χ0v) is 8.64. The van der Waals surface area contributed by atoms with Crippen LogP contribution in [0.5, 0.6) is 0 Å². The van der Waals surface area contributed by atoms with E-state index < -0.39 is 0 Å². The first-order valence-corrected chi connectivity index (χ1v) is 5.23. The molecule has 2 unspecified atom stereocenters. The maximum Gasteiger partial charge on any atom is 0.0268 e. The minimum atomic E-state index is 0.772. The standard InChI is InChI=1S/C10H22N2/c1-4-9(2)10-7-5-6-8-12(10)11-3/h9-11H,4-8H2,1-3H3. The van der Waals surface area contributed by atoms with E-state index in [-0.39, 0.29) is 0 Å². The molecule has 0 saturated carbocycles. The van der Waals surface area contributed by atoms with Gasteiger partial charge >= 0.3 is 0 Å². The quantitative estimate of drug-likeness (QED) is 0.697. The van der Waals surface area contributed by atoms with E-state index in [9.17, 15) is 0 Å². The lowest BCUT2D eigenvalue weighted by Gasteiger charge is -2.38. The van der Waals surface area contributed by atoms with Crippen LogP contribution in [-0.2, 0) is 0 Å². The molecule has 0 aliphatic carbocycles. The summed E-state index contributed by atoms with van der Waals surface area (Å²) in [5, 5.41) is 2.41. The minimum absolute atomic E-state index is 0.772. The average molecular weight is 170 g/mol. The van der Waals surface area contributed by atoms with Gasteiger partial charge in [-0.15, -0.1) is 0 Å². The van der Waals surface area contributed by atoms with Crippen LogP contribution in [0.15, 0.2) is 0 Å². The van der Waals surface area contributed by atoms with Gasteiger partial charge in [-0.25, -0.2) is 5.01 Å². The summed E-state index contributed by atoms with van der Waals surface area (Å²) in [7, 11) is 2.04. The summed E-state index contributed by atoms with van der Waals surface area (Å²) >= 11 is 0. The van der Waals surface area contributed by atoms with Crippen molar-refractivity contribution >= 4 is 0 Å². The molecule has 2 nitrogen and oxygen atoms in total. The molecule has 1 aliphatic heterocycles. The lowest BCUT2D eigenvalue weighted by atomic mass is 9.91. The molecule has 2 atom stereocenters. The minimum Gasteiger partial charge on any atom is -0.258 e. The number of nitrogens with one attached hydrogen (secondary N) is 1. The zero-order valence-electron chi connectivity index (χ0n) is 8.64. The first-order chi connectivity index (χ1) is 5.79. The van der Waals surface area contributed by atoms with Crippen molar-refractivity contribution < 1.29 is 0 Å². The average Bonchev–Trinajstić information content (AvgIpc) is 2.16. The number of hydrazine groups is 1. The molecule has 1 fully saturated rings. The highest BCUT2D eigenvalue weighted by Gasteiger charge is 2.24. The number of hydrogen-bond donors (Lipinski definition) is 1. The van der Waals surface area contributed by atoms with Gasteiger partial charge in [0, 0.05) is 12.6 Å². The van der Waals surface area contributed by atoms with Crippen LogP contribution in [0.4, 0.5) is 0 Å². The van der Waals surface area contributed by atoms with Crippen molar-refractivity contribution in [2.45, 2.75) is 45.6 Å². The summed E-state index contributed by atoms with van der Waals surface area (Å²) in [5.74, 6) is 0.831. The molecule has 1 saturated heterocycles. The van der Waals surface area contributed by atoms with Gasteiger partial charge in [-0.1, -0.05) is 26.7 Å². The molecule has 0 radical (unpaired) electrons. The summed E-state index contributed by atoms with van der Waals surface area (Å²) in [5.41, 5.74) is 3.30. The van der Waals surface area contributed by atoms with E-state index in [1.807, 2.05) is 7.05 Å². The molecule has 0 aromatic carbocycles. The molecular weight excluding hydrogens is 148 g/mol. The van der Waals surface area contributed by atoms with E-state index in [1.165, 1.54) is 32.2 Å². The Balaban J connectivity index is 2.46. The molecule has 0 aromatic rings. The molecule has 0 spiro atoms. The van der Waals surface area contributed by atoms with Crippen molar-refractivity contribution in [1.29, 1.82) is 0 Å². The van der Waals surface area contributed by atoms with Crippen LogP contribution >= 0.6 is 0 Å². The largest absolute Gasteiger partial charge is 0.258 e. The van der Waals surface area contributed by atoms with Crippen molar-refractivity contribution in [3.63, 3.8) is 0 Å². The second kappa shape index (κ2) is 4.83. The van der Waals surface area contributed by atoms with E-state index >= 15 is 0 Å². The van der Waals surface area contributed by atoms with Gasteiger partial charge in [-0.2, -0.15) is 0 Å². The fourth-order valence-corrected chi connectivity index (χ4v) is 2.10. The monoisotopic (exact) mass is 170 g/mol. The third-order valence-electron chi connectivity index (χ3n) is 3.14. The Morgan fingerprint density at radius 1 is 1.50 bits per heavy atom. The Morgan fingerprint density at radius 3 is 2.83 bits per heavy atom. The Bertz CT molecular complexity index is 125. The Kier molecular flexibility index (Phi) is 4.02. The van der Waals surface area contributed by atoms with E-state index in [2.05, 4.69) is 24.3 Å². The van der Waals surface area contributed by atoms with Gasteiger partial charge in [0.1, 0.15) is 0 Å². The van der Waals surface area contributed by atoms with Crippen LogP contribution in [0.25, 0.3) is 0 Å². The van der Waals surface area contributed by atoms with Gasteiger partial charge in [0.05, 0.1) is 0 Å². The summed E-state index contributed by atoms with van der Waals surface area (Å²) < 4.78 is 0. The first kappa shape index (κ1) is 10.0. The molecule has 0 amide bonds. The second-order valence-corrected chi connectivity index (χ2v) is 3.87. The van der Waals surface area contributed by atoms with Gasteiger partial charge < -0.3 is 0 Å². The van der Waals surface area contributed by atoms with Crippen LogP contribution < -0.4 is 5.43 Å². The molecule has 2 heteroatoms. The molecule has 0 bridgehead atoms. The van der Waals surface area contributed by atoms with Crippen molar-refractivity contribution in [3.05, 3.63) is 0 Å². The highest BCUT2D eigenvalue weighted by atomic mass is 15.5. The van der Waals surface area contributed by atoms with Gasteiger partial charge in [-0.05, 0) is 25.8 Å². The lowest BCUT2D eigenvalue weighted by molar-refractivity contribution is 0.0620. The molecular formula is C10H22N2. The number of piperidine rings is 1. The number of nitrogens with zero attached hydrogens (tertiary/aromatic N) is 1. The van der Waals surface area contributed by atoms with Crippen molar-refractivity contribution in [3.8, 4) is 0 Å². The Morgan fingerprint density at radius 2 is 2.25 bits per heavy atom. The van der Waals surface area contributed by atoms with Crippen LogP contribution in [0.2, 0.25) is 0 Å². The molecule has 1 N–H and O–H groups in total. The van der Waals surface area contributed by atoms with E-state index in [1.54, 1.807) is 0 Å². The first-order valence-electron chi connectivity index (χ1n) is 5.23. The molecule has 1 heterocycles. The third kappa shape index (κ3) is 2.20. The maximum atomic E-state index is 3.30. The van der Waals surface area contributed by atoms with Crippen LogP contribution in [-0.4, -0.2) is 24.6 Å². The van der Waals surface area contributed by atoms with Gasteiger partial charge in [0.15, 0.2) is 0 Å². The van der Waals surface area contributed by atoms with Gasteiger partial charge in [0.25, 0.3) is 0 Å². The normalized spacial score (nSPS) is 28.8. The van der Waals surface area contributed by atoms with Gasteiger partial charge in [-0.3, -0.25) is 5.43 Å². The van der Waals surface area contributed by atoms with Crippen LogP contribution in [0, 0.1) is 5.92 Å². The lowest BCUT2D eigenvalue weighted by Crippen LogP contribution is -2.49. The smallest absolute Gasteiger partial charge is 0.0268 e. The third-order valence-corrected chi connectivity index (χ3v) is 3.14. The van der Waals surface area contributed by atoms with Crippen molar-refractivity contribution in [2.75, 3.05) is 13.6 Å². The highest BCUT2D eigenvalue weighted by Crippen LogP contribution is 2.23. The summed E-state index contributed by atoms with van der Waals surface area (Å²) in [6.45, 7) is 5.87. The Labute approximate surface area is 76.3 Å². The summed E-state index contributed by atoms with van der Waals surface area (Å²) in [6, 6.07) is 0.772. The summed E-state index contributed by atoms with van der Waals surface area (Å²) in [6.07, 6.45) is 5.43. The number of hydrogen-bond acceptors (Lipinski definition) is 2. The van der Waals surface area contributed by atoms with E-state index in [0.29, 0.717) is 0 Å². The Hall–Kier alpha value is -0.0800. The van der Waals surface area contributed by atoms with Gasteiger partial charge in [0.2, 0.25) is 0 Å². The number of rotatable bonds is 3. The van der Waals surface area contributed by atoms with Crippen molar-refractivity contribution in [2.24, 2.45) is 5.92 Å². The fraction of sp³-hybridized carbons (Fsp3) is 1.00. The second-order valence-electron chi connectivity index (χ2n) is 3.87. The molecule has 1 rings (SSSR count).